The number of hydrogen-bond donors (Lipinski definition) is 0. The zero-order valence-corrected chi connectivity index (χ0v) is 44.7. The largest absolute Gasteiger partial charge is 0.310 e. The Morgan fingerprint density at radius 3 is 1.45 bits per heavy atom. The second-order valence-electron chi connectivity index (χ2n) is 22.4. The lowest BCUT2D eigenvalue weighted by Gasteiger charge is -2.31. The molecule has 1 atom stereocenters. The Labute approximate surface area is 467 Å². The van der Waals surface area contributed by atoms with Crippen LogP contribution in [0.15, 0.2) is 280 Å². The molecule has 1 unspecified atom stereocenters. The van der Waals surface area contributed by atoms with Crippen molar-refractivity contribution in [1.29, 1.82) is 0 Å². The van der Waals surface area contributed by atoms with E-state index in [0.717, 1.165) is 28.3 Å². The van der Waals surface area contributed by atoms with Gasteiger partial charge in [-0.2, -0.15) is 0 Å². The Balaban J connectivity index is 0.808. The lowest BCUT2D eigenvalue weighted by molar-refractivity contribution is 0.660. The smallest absolute Gasteiger partial charge is 0.0726 e. The van der Waals surface area contributed by atoms with Crippen LogP contribution in [0.2, 0.25) is 0 Å². The van der Waals surface area contributed by atoms with E-state index >= 15 is 0 Å². The molecule has 2 nitrogen and oxygen atoms in total. The van der Waals surface area contributed by atoms with Crippen molar-refractivity contribution >= 4 is 44.9 Å². The number of fused-ring (bicyclic) bond motifs is 16. The fourth-order valence-corrected chi connectivity index (χ4v) is 14.2. The molecule has 0 N–H and O–H groups in total. The van der Waals surface area contributed by atoms with Crippen LogP contribution in [0.1, 0.15) is 52.8 Å². The minimum atomic E-state index is -0.507. The third-order valence-corrected chi connectivity index (χ3v) is 18.0. The number of benzene rings is 12. The molecule has 80 heavy (non-hydrogen) atoms. The molecular weight excluding hydrogens is 965 g/mol. The van der Waals surface area contributed by atoms with Crippen LogP contribution in [0.4, 0.5) is 17.1 Å². The maximum absolute atomic E-state index is 4.01. The third-order valence-electron chi connectivity index (χ3n) is 18.0. The highest BCUT2D eigenvalue weighted by Gasteiger charge is 2.52. The predicted molar refractivity (Wildman–Crippen MR) is 336 cm³/mol. The Bertz CT molecular complexity index is 4660. The first kappa shape index (κ1) is 46.1. The summed E-state index contributed by atoms with van der Waals surface area (Å²) in [6.45, 7) is 8.73. The number of para-hydroxylation sites is 1. The molecule has 1 spiro atoms. The van der Waals surface area contributed by atoms with E-state index in [9.17, 15) is 0 Å². The summed E-state index contributed by atoms with van der Waals surface area (Å²) < 4.78 is 2.49. The number of hydrogen-bond acceptors (Lipinski definition) is 1. The Morgan fingerprint density at radius 1 is 0.325 bits per heavy atom. The van der Waals surface area contributed by atoms with Crippen LogP contribution in [0.3, 0.4) is 0 Å². The van der Waals surface area contributed by atoms with Crippen LogP contribution in [-0.4, -0.2) is 4.57 Å². The fourth-order valence-electron chi connectivity index (χ4n) is 14.2. The van der Waals surface area contributed by atoms with Crippen LogP contribution in [-0.2, 0) is 10.8 Å². The van der Waals surface area contributed by atoms with Crippen molar-refractivity contribution in [3.05, 3.63) is 319 Å². The molecule has 0 saturated heterocycles. The molecule has 0 aliphatic heterocycles. The highest BCUT2D eigenvalue weighted by atomic mass is 15.1. The van der Waals surface area contributed by atoms with E-state index < -0.39 is 5.41 Å². The van der Waals surface area contributed by atoms with E-state index in [2.05, 4.69) is 303 Å². The summed E-state index contributed by atoms with van der Waals surface area (Å²) in [7, 11) is 0. The normalized spacial score (nSPS) is 14.8. The Hall–Kier alpha value is -10.0. The van der Waals surface area contributed by atoms with Crippen molar-refractivity contribution in [3.8, 4) is 72.4 Å². The summed E-state index contributed by atoms with van der Waals surface area (Å²) in [6.07, 6.45) is 1.91. The van der Waals surface area contributed by atoms with Crippen LogP contribution in [0.25, 0.3) is 100 Å². The van der Waals surface area contributed by atoms with Gasteiger partial charge < -0.3 is 9.47 Å². The number of nitrogens with zero attached hydrogens (tertiary/aromatic N) is 2. The first-order valence-corrected chi connectivity index (χ1v) is 27.9. The highest BCUT2D eigenvalue weighted by molar-refractivity contribution is 6.11. The molecule has 13 aromatic rings. The van der Waals surface area contributed by atoms with Gasteiger partial charge in [0.05, 0.1) is 16.4 Å². The molecule has 3 aliphatic rings. The van der Waals surface area contributed by atoms with Crippen molar-refractivity contribution < 1.29 is 0 Å². The fraction of sp³-hybridized carbons (Fsp3) is 0.0513. The van der Waals surface area contributed by atoms with E-state index in [-0.39, 0.29) is 5.41 Å². The predicted octanol–water partition coefficient (Wildman–Crippen LogP) is 20.5. The van der Waals surface area contributed by atoms with Crippen LogP contribution in [0, 0.1) is 0 Å². The molecule has 1 heterocycles. The molecule has 0 saturated carbocycles. The Morgan fingerprint density at radius 2 is 0.775 bits per heavy atom. The first-order valence-electron chi connectivity index (χ1n) is 27.9. The van der Waals surface area contributed by atoms with Gasteiger partial charge in [-0.3, -0.25) is 0 Å². The van der Waals surface area contributed by atoms with Gasteiger partial charge in [-0.1, -0.05) is 227 Å². The van der Waals surface area contributed by atoms with E-state index in [4.69, 9.17) is 0 Å². The number of rotatable bonds is 8. The van der Waals surface area contributed by atoms with Gasteiger partial charge in [0.25, 0.3) is 0 Å². The summed E-state index contributed by atoms with van der Waals surface area (Å²) >= 11 is 0. The number of aromatic nitrogens is 1. The molecule has 0 radical (unpaired) electrons. The molecule has 0 amide bonds. The van der Waals surface area contributed by atoms with Gasteiger partial charge in [0.15, 0.2) is 0 Å². The maximum atomic E-state index is 4.01. The van der Waals surface area contributed by atoms with E-state index in [1.165, 1.54) is 122 Å². The minimum absolute atomic E-state index is 0.121. The topological polar surface area (TPSA) is 8.17 Å². The van der Waals surface area contributed by atoms with Gasteiger partial charge in [0, 0.05) is 38.9 Å². The zero-order valence-electron chi connectivity index (χ0n) is 44.7. The molecule has 0 fully saturated rings. The second kappa shape index (κ2) is 17.5. The molecule has 2 heteroatoms. The SMILES string of the molecule is C=Cc1ccc(-c2ccc3c(c2)C2(c4ccccc4-3)c3ccccc3-c3ccc(-n4c5ccccc5c5cc(-c6ccc(N(c7ccc(-c8ccccc8)cc7)c7ccc8c(c7)C(C)(C)c7ccccc7-8)cc6)ccc54)cc32)cc1. The van der Waals surface area contributed by atoms with Crippen molar-refractivity contribution in [1.82, 2.24) is 4.57 Å². The summed E-state index contributed by atoms with van der Waals surface area (Å²) in [5.41, 5.74) is 30.4. The molecule has 16 rings (SSSR count). The number of anilines is 3. The highest BCUT2D eigenvalue weighted by Crippen LogP contribution is 2.63. The standard InChI is InChI=1S/C78H54N2/c1-4-50-26-28-53(29-27-50)56-34-42-65-62-19-9-13-23-70(62)78(73(65)47-56)71-24-14-10-20-63(71)66-44-41-60(49-74(66)78)80-75-25-15-11-21-67(75)68-46-55(35-45-76(68)80)54-32-38-58(39-33-54)79(57-36-30-52(31-37-57)51-16-6-5-7-17-51)59-40-43-64-61-18-8-12-22-69(61)77(2,3)72(64)48-59/h4-49H,1H2,2-3H3. The van der Waals surface area contributed by atoms with Gasteiger partial charge in [-0.05, 0) is 179 Å². The van der Waals surface area contributed by atoms with E-state index in [1.807, 2.05) is 6.08 Å². The molecule has 376 valence electrons. The van der Waals surface area contributed by atoms with Crippen LogP contribution in [0.5, 0.6) is 0 Å². The summed E-state index contributed by atoms with van der Waals surface area (Å²) in [5, 5.41) is 2.46. The van der Waals surface area contributed by atoms with Crippen molar-refractivity contribution in [2.75, 3.05) is 4.90 Å². The summed E-state index contributed by atoms with van der Waals surface area (Å²) in [5.74, 6) is 0. The van der Waals surface area contributed by atoms with Gasteiger partial charge >= 0.3 is 0 Å². The minimum Gasteiger partial charge on any atom is -0.310 e. The second-order valence-corrected chi connectivity index (χ2v) is 22.4. The molecule has 1 aromatic heterocycles. The summed E-state index contributed by atoms with van der Waals surface area (Å²) in [4.78, 5) is 2.41. The van der Waals surface area contributed by atoms with E-state index in [0.29, 0.717) is 0 Å². The molecule has 0 bridgehead atoms. The molecule has 12 aromatic carbocycles. The zero-order chi connectivity index (χ0) is 53.3. The van der Waals surface area contributed by atoms with Gasteiger partial charge in [-0.15, -0.1) is 0 Å². The quantitative estimate of drug-likeness (QED) is 0.147. The lowest BCUT2D eigenvalue weighted by atomic mass is 9.70. The van der Waals surface area contributed by atoms with Crippen molar-refractivity contribution in [2.24, 2.45) is 0 Å². The third kappa shape index (κ3) is 6.66. The van der Waals surface area contributed by atoms with Gasteiger partial charge in [-0.25, -0.2) is 0 Å². The van der Waals surface area contributed by atoms with Gasteiger partial charge in [0.2, 0.25) is 0 Å². The lowest BCUT2D eigenvalue weighted by Crippen LogP contribution is -2.26. The van der Waals surface area contributed by atoms with E-state index in [1.54, 1.807) is 0 Å². The van der Waals surface area contributed by atoms with Gasteiger partial charge in [0.1, 0.15) is 0 Å². The Kier molecular flexibility index (Phi) is 10.1. The maximum Gasteiger partial charge on any atom is 0.0726 e. The van der Waals surface area contributed by atoms with Crippen LogP contribution < -0.4 is 4.90 Å². The molecule has 3 aliphatic carbocycles. The molecular formula is C78H54N2. The average molecular weight is 1020 g/mol. The first-order chi connectivity index (χ1) is 39.4. The summed E-state index contributed by atoms with van der Waals surface area (Å²) in [6, 6.07) is 102. The van der Waals surface area contributed by atoms with Crippen molar-refractivity contribution in [2.45, 2.75) is 24.7 Å². The average Bonchev–Trinajstić information content (AvgIpc) is 3.78. The monoisotopic (exact) mass is 1020 g/mol. The van der Waals surface area contributed by atoms with Crippen LogP contribution >= 0.6 is 0 Å². The van der Waals surface area contributed by atoms with Crippen molar-refractivity contribution in [3.63, 3.8) is 0 Å².